The molecule has 104 valence electrons. The van der Waals surface area contributed by atoms with Crippen LogP contribution in [0.2, 0.25) is 0 Å². The Morgan fingerprint density at radius 2 is 2.26 bits per heavy atom. The minimum absolute atomic E-state index is 0.00697. The fourth-order valence-corrected chi connectivity index (χ4v) is 2.00. The van der Waals surface area contributed by atoms with Crippen molar-refractivity contribution in [1.82, 2.24) is 0 Å². The largest absolute Gasteiger partial charge is 0.493 e. The van der Waals surface area contributed by atoms with Gasteiger partial charge in [-0.2, -0.15) is 0 Å². The summed E-state index contributed by atoms with van der Waals surface area (Å²) in [6.07, 6.45) is 1.71. The zero-order valence-electron chi connectivity index (χ0n) is 10.7. The first kappa shape index (κ1) is 13.5. The zero-order chi connectivity index (χ0) is 13.8. The second-order valence-electron chi connectivity index (χ2n) is 4.35. The molecule has 1 fully saturated rings. The summed E-state index contributed by atoms with van der Waals surface area (Å²) in [5.41, 5.74) is 5.82. The van der Waals surface area contributed by atoms with Gasteiger partial charge in [-0.05, 0) is 12.8 Å². The summed E-state index contributed by atoms with van der Waals surface area (Å²) < 4.78 is 16.2. The molecule has 6 heteroatoms. The smallest absolute Gasteiger partial charge is 0.337 e. The number of carboxylic acids is 1. The summed E-state index contributed by atoms with van der Waals surface area (Å²) >= 11 is 0. The maximum atomic E-state index is 11.1. The summed E-state index contributed by atoms with van der Waals surface area (Å²) in [6, 6.07) is 2.85. The Labute approximate surface area is 111 Å². The van der Waals surface area contributed by atoms with Gasteiger partial charge in [-0.25, -0.2) is 4.79 Å². The number of nitrogens with two attached hydrogens (primary N) is 1. The van der Waals surface area contributed by atoms with Crippen LogP contribution in [-0.2, 0) is 4.74 Å². The number of methoxy groups -OCH3 is 1. The topological polar surface area (TPSA) is 91.0 Å². The first-order chi connectivity index (χ1) is 9.11. The third-order valence-electron chi connectivity index (χ3n) is 2.98. The van der Waals surface area contributed by atoms with E-state index in [0.717, 1.165) is 19.4 Å². The molecule has 0 saturated carbocycles. The third kappa shape index (κ3) is 3.08. The maximum Gasteiger partial charge on any atom is 0.337 e. The number of hydrogen-bond acceptors (Lipinski definition) is 5. The van der Waals surface area contributed by atoms with E-state index in [0.29, 0.717) is 18.1 Å². The van der Waals surface area contributed by atoms with Crippen LogP contribution in [0.4, 0.5) is 5.69 Å². The first-order valence-electron chi connectivity index (χ1n) is 6.07. The number of carboxylic acid groups (broad SMARTS) is 1. The van der Waals surface area contributed by atoms with Gasteiger partial charge in [0, 0.05) is 18.7 Å². The highest BCUT2D eigenvalue weighted by molar-refractivity contribution is 5.94. The molecule has 0 radical (unpaired) electrons. The average molecular weight is 267 g/mol. The van der Waals surface area contributed by atoms with E-state index in [1.54, 1.807) is 0 Å². The molecule has 1 unspecified atom stereocenters. The van der Waals surface area contributed by atoms with Crippen molar-refractivity contribution in [3.63, 3.8) is 0 Å². The number of ether oxygens (including phenoxy) is 3. The fourth-order valence-electron chi connectivity index (χ4n) is 2.00. The van der Waals surface area contributed by atoms with Crippen LogP contribution in [0.25, 0.3) is 0 Å². The van der Waals surface area contributed by atoms with Gasteiger partial charge < -0.3 is 25.1 Å². The molecule has 2 rings (SSSR count). The van der Waals surface area contributed by atoms with Crippen LogP contribution in [0.1, 0.15) is 23.2 Å². The molecule has 1 heterocycles. The van der Waals surface area contributed by atoms with Crippen LogP contribution >= 0.6 is 0 Å². The SMILES string of the molecule is COc1cc(N)c(C(=O)O)cc1OC1CCCOC1. The number of benzene rings is 1. The van der Waals surface area contributed by atoms with Crippen LogP contribution in [-0.4, -0.2) is 37.5 Å². The van der Waals surface area contributed by atoms with Crippen molar-refractivity contribution in [3.05, 3.63) is 17.7 Å². The summed E-state index contributed by atoms with van der Waals surface area (Å²) in [5, 5.41) is 9.06. The molecule has 1 aromatic rings. The Morgan fingerprint density at radius 3 is 2.84 bits per heavy atom. The van der Waals surface area contributed by atoms with Gasteiger partial charge in [-0.3, -0.25) is 0 Å². The molecule has 1 aliphatic rings. The van der Waals surface area contributed by atoms with Crippen molar-refractivity contribution in [2.45, 2.75) is 18.9 Å². The number of nitrogen functional groups attached to an aromatic ring is 1. The highest BCUT2D eigenvalue weighted by Gasteiger charge is 2.20. The van der Waals surface area contributed by atoms with Crippen molar-refractivity contribution >= 4 is 11.7 Å². The van der Waals surface area contributed by atoms with Gasteiger partial charge in [0.05, 0.1) is 25.0 Å². The zero-order valence-corrected chi connectivity index (χ0v) is 10.7. The molecule has 0 spiro atoms. The van der Waals surface area contributed by atoms with Gasteiger partial charge in [-0.15, -0.1) is 0 Å². The summed E-state index contributed by atoms with van der Waals surface area (Å²) in [4.78, 5) is 11.1. The predicted octanol–water partition coefficient (Wildman–Crippen LogP) is 1.53. The Kier molecular flexibility index (Phi) is 4.11. The second-order valence-corrected chi connectivity index (χ2v) is 4.35. The van der Waals surface area contributed by atoms with Gasteiger partial charge in [-0.1, -0.05) is 0 Å². The Hall–Kier alpha value is -1.95. The lowest BCUT2D eigenvalue weighted by Gasteiger charge is -2.24. The van der Waals surface area contributed by atoms with Crippen LogP contribution in [0, 0.1) is 0 Å². The number of hydrogen-bond donors (Lipinski definition) is 2. The monoisotopic (exact) mass is 267 g/mol. The lowest BCUT2D eigenvalue weighted by atomic mass is 10.1. The highest BCUT2D eigenvalue weighted by atomic mass is 16.5. The lowest BCUT2D eigenvalue weighted by Crippen LogP contribution is -2.28. The minimum atomic E-state index is -1.09. The van der Waals surface area contributed by atoms with Gasteiger partial charge >= 0.3 is 5.97 Å². The summed E-state index contributed by atoms with van der Waals surface area (Å²) in [6.45, 7) is 1.23. The molecule has 6 nitrogen and oxygen atoms in total. The number of anilines is 1. The van der Waals surface area contributed by atoms with Crippen molar-refractivity contribution in [3.8, 4) is 11.5 Å². The number of carbonyl (C=O) groups is 1. The first-order valence-corrected chi connectivity index (χ1v) is 6.07. The molecule has 0 aromatic heterocycles. The molecule has 0 amide bonds. The van der Waals surface area contributed by atoms with E-state index < -0.39 is 5.97 Å². The standard InChI is InChI=1S/C13H17NO5/c1-17-11-6-10(14)9(13(15)16)5-12(11)19-8-3-2-4-18-7-8/h5-6,8H,2-4,7,14H2,1H3,(H,15,16). The van der Waals surface area contributed by atoms with E-state index in [4.69, 9.17) is 25.1 Å². The van der Waals surface area contributed by atoms with Crippen LogP contribution in [0.15, 0.2) is 12.1 Å². The van der Waals surface area contributed by atoms with Crippen LogP contribution in [0.3, 0.4) is 0 Å². The fraction of sp³-hybridized carbons (Fsp3) is 0.462. The molecule has 1 aromatic carbocycles. The van der Waals surface area contributed by atoms with Gasteiger partial charge in [0.15, 0.2) is 11.5 Å². The van der Waals surface area contributed by atoms with Gasteiger partial charge in [0.25, 0.3) is 0 Å². The molecule has 1 atom stereocenters. The molecular formula is C13H17NO5. The van der Waals surface area contributed by atoms with Crippen LogP contribution in [0.5, 0.6) is 11.5 Å². The van der Waals surface area contributed by atoms with E-state index >= 15 is 0 Å². The molecular weight excluding hydrogens is 250 g/mol. The predicted molar refractivity (Wildman–Crippen MR) is 68.8 cm³/mol. The normalized spacial score (nSPS) is 18.9. The van der Waals surface area contributed by atoms with Crippen molar-refractivity contribution < 1.29 is 24.1 Å². The molecule has 0 aliphatic carbocycles. The van der Waals surface area contributed by atoms with E-state index in [9.17, 15) is 4.79 Å². The highest BCUT2D eigenvalue weighted by Crippen LogP contribution is 2.33. The van der Waals surface area contributed by atoms with Crippen molar-refractivity contribution in [2.75, 3.05) is 26.1 Å². The molecule has 1 aliphatic heterocycles. The molecule has 19 heavy (non-hydrogen) atoms. The third-order valence-corrected chi connectivity index (χ3v) is 2.98. The summed E-state index contributed by atoms with van der Waals surface area (Å²) in [7, 11) is 1.49. The minimum Gasteiger partial charge on any atom is -0.493 e. The second kappa shape index (κ2) is 5.79. The Bertz CT molecular complexity index is 468. The molecule has 3 N–H and O–H groups in total. The maximum absolute atomic E-state index is 11.1. The lowest BCUT2D eigenvalue weighted by molar-refractivity contribution is 0.00640. The Morgan fingerprint density at radius 1 is 1.47 bits per heavy atom. The summed E-state index contributed by atoms with van der Waals surface area (Å²) in [5.74, 6) is -0.289. The molecule has 0 bridgehead atoms. The molecule has 1 saturated heterocycles. The van der Waals surface area contributed by atoms with E-state index in [2.05, 4.69) is 0 Å². The van der Waals surface area contributed by atoms with E-state index in [1.807, 2.05) is 0 Å². The number of aromatic carboxylic acids is 1. The van der Waals surface area contributed by atoms with Gasteiger partial charge in [0.1, 0.15) is 6.10 Å². The van der Waals surface area contributed by atoms with Crippen LogP contribution < -0.4 is 15.2 Å². The van der Waals surface area contributed by atoms with Crippen molar-refractivity contribution in [1.29, 1.82) is 0 Å². The van der Waals surface area contributed by atoms with E-state index in [1.165, 1.54) is 19.2 Å². The van der Waals surface area contributed by atoms with E-state index in [-0.39, 0.29) is 17.4 Å². The van der Waals surface area contributed by atoms with Crippen molar-refractivity contribution in [2.24, 2.45) is 0 Å². The average Bonchev–Trinajstić information content (AvgIpc) is 2.41. The van der Waals surface area contributed by atoms with Gasteiger partial charge in [0.2, 0.25) is 0 Å². The Balaban J connectivity index is 2.26. The quantitative estimate of drug-likeness (QED) is 0.804. The number of rotatable bonds is 4.